The Kier molecular flexibility index (Phi) is 3.86. The standard InChI is InChI=1S/C21H18FN3O2S/c1-12(26)25-8-5-21(27,6-9-25)20-24-18-14-3-2-13(22)10-16(14)17-11-23-7-4-15(17)19(18)28-20/h2-4,7,10-11,27H,5-6,8-9H2,1H3. The minimum absolute atomic E-state index is 0.0258. The molecule has 3 heterocycles. The summed E-state index contributed by atoms with van der Waals surface area (Å²) in [7, 11) is 0. The van der Waals surface area contributed by atoms with Gasteiger partial charge in [-0.25, -0.2) is 9.37 Å². The second kappa shape index (κ2) is 6.18. The van der Waals surface area contributed by atoms with Crippen LogP contribution in [0.15, 0.2) is 36.7 Å². The zero-order chi connectivity index (χ0) is 19.5. The van der Waals surface area contributed by atoms with E-state index in [1.54, 1.807) is 30.3 Å². The second-order valence-electron chi connectivity index (χ2n) is 7.35. The molecule has 1 aliphatic heterocycles. The van der Waals surface area contributed by atoms with Crippen LogP contribution in [0.2, 0.25) is 0 Å². The molecular formula is C21H18FN3O2S. The van der Waals surface area contributed by atoms with Crippen molar-refractivity contribution in [3.05, 3.63) is 47.5 Å². The smallest absolute Gasteiger partial charge is 0.219 e. The summed E-state index contributed by atoms with van der Waals surface area (Å²) in [6.45, 7) is 2.57. The lowest BCUT2D eigenvalue weighted by molar-refractivity contribution is -0.133. The highest BCUT2D eigenvalue weighted by Gasteiger charge is 2.37. The van der Waals surface area contributed by atoms with Gasteiger partial charge in [-0.1, -0.05) is 0 Å². The number of hydrogen-bond acceptors (Lipinski definition) is 5. The van der Waals surface area contributed by atoms with E-state index in [4.69, 9.17) is 4.98 Å². The molecule has 28 heavy (non-hydrogen) atoms. The molecule has 0 aliphatic carbocycles. The number of piperidine rings is 1. The maximum atomic E-state index is 13.9. The van der Waals surface area contributed by atoms with Crippen molar-refractivity contribution in [2.45, 2.75) is 25.4 Å². The van der Waals surface area contributed by atoms with E-state index in [-0.39, 0.29) is 11.7 Å². The first-order valence-corrected chi connectivity index (χ1v) is 10.0. The molecule has 1 N–H and O–H groups in total. The Morgan fingerprint density at radius 3 is 2.71 bits per heavy atom. The molecule has 7 heteroatoms. The number of carbonyl (C=O) groups is 1. The summed E-state index contributed by atoms with van der Waals surface area (Å²) in [5.41, 5.74) is -0.280. The van der Waals surface area contributed by atoms with Crippen LogP contribution in [0.1, 0.15) is 24.8 Å². The molecule has 0 bridgehead atoms. The van der Waals surface area contributed by atoms with Gasteiger partial charge in [0.25, 0.3) is 0 Å². The van der Waals surface area contributed by atoms with Crippen LogP contribution < -0.4 is 0 Å². The lowest BCUT2D eigenvalue weighted by atomic mass is 9.92. The number of aliphatic hydroxyl groups is 1. The third kappa shape index (κ3) is 2.57. The van der Waals surface area contributed by atoms with Crippen LogP contribution >= 0.6 is 11.3 Å². The molecule has 4 aromatic rings. The minimum atomic E-state index is -1.05. The molecule has 1 saturated heterocycles. The van der Waals surface area contributed by atoms with Crippen LogP contribution in [0.25, 0.3) is 31.8 Å². The molecule has 2 aromatic carbocycles. The van der Waals surface area contributed by atoms with Crippen molar-refractivity contribution in [1.82, 2.24) is 14.9 Å². The summed E-state index contributed by atoms with van der Waals surface area (Å²) in [6.07, 6.45) is 4.37. The average Bonchev–Trinajstić information content (AvgIpc) is 3.15. The van der Waals surface area contributed by atoms with E-state index >= 15 is 0 Å². The molecule has 1 amide bonds. The van der Waals surface area contributed by atoms with Crippen molar-refractivity contribution in [1.29, 1.82) is 0 Å². The van der Waals surface area contributed by atoms with E-state index in [9.17, 15) is 14.3 Å². The van der Waals surface area contributed by atoms with E-state index < -0.39 is 5.60 Å². The number of rotatable bonds is 1. The largest absolute Gasteiger partial charge is 0.383 e. The Bertz CT molecular complexity index is 1240. The van der Waals surface area contributed by atoms with E-state index in [1.165, 1.54) is 23.5 Å². The highest BCUT2D eigenvalue weighted by molar-refractivity contribution is 7.19. The van der Waals surface area contributed by atoms with Crippen LogP contribution in [0.5, 0.6) is 0 Å². The van der Waals surface area contributed by atoms with Gasteiger partial charge in [0, 0.05) is 61.4 Å². The predicted molar refractivity (Wildman–Crippen MR) is 108 cm³/mol. The number of fused-ring (bicyclic) bond motifs is 6. The number of amides is 1. The van der Waals surface area contributed by atoms with Crippen molar-refractivity contribution in [2.75, 3.05) is 13.1 Å². The van der Waals surface area contributed by atoms with Gasteiger partial charge in [-0.2, -0.15) is 0 Å². The molecule has 5 rings (SSSR count). The summed E-state index contributed by atoms with van der Waals surface area (Å²) in [6, 6.07) is 6.60. The van der Waals surface area contributed by atoms with E-state index in [0.29, 0.717) is 30.9 Å². The molecule has 0 atom stereocenters. The highest BCUT2D eigenvalue weighted by Crippen LogP contribution is 2.42. The van der Waals surface area contributed by atoms with Gasteiger partial charge in [-0.15, -0.1) is 11.3 Å². The first-order chi connectivity index (χ1) is 13.5. The van der Waals surface area contributed by atoms with Crippen LogP contribution in [0, 0.1) is 5.82 Å². The number of carbonyl (C=O) groups excluding carboxylic acids is 1. The summed E-state index contributed by atoms with van der Waals surface area (Å²) in [4.78, 5) is 22.4. The van der Waals surface area contributed by atoms with Gasteiger partial charge in [0.15, 0.2) is 0 Å². The number of thiazole rings is 1. The van der Waals surface area contributed by atoms with E-state index in [2.05, 4.69) is 4.98 Å². The third-order valence-corrected chi connectivity index (χ3v) is 6.94. The number of benzene rings is 2. The summed E-state index contributed by atoms with van der Waals surface area (Å²) >= 11 is 1.47. The average molecular weight is 395 g/mol. The predicted octanol–water partition coefficient (Wildman–Crippen LogP) is 3.97. The molecule has 1 fully saturated rings. The van der Waals surface area contributed by atoms with E-state index in [0.717, 1.165) is 31.8 Å². The fourth-order valence-corrected chi connectivity index (χ4v) is 5.31. The summed E-state index contributed by atoms with van der Waals surface area (Å²) in [5, 5.41) is 15.4. The number of likely N-dealkylation sites (tertiary alicyclic amines) is 1. The van der Waals surface area contributed by atoms with Gasteiger partial charge >= 0.3 is 0 Å². The summed E-state index contributed by atoms with van der Waals surface area (Å²) < 4.78 is 14.9. The number of aromatic nitrogens is 2. The van der Waals surface area contributed by atoms with Crippen LogP contribution in [0.4, 0.5) is 4.39 Å². The van der Waals surface area contributed by atoms with Crippen LogP contribution in [-0.2, 0) is 10.4 Å². The number of pyridine rings is 1. The maximum absolute atomic E-state index is 13.9. The lowest BCUT2D eigenvalue weighted by Crippen LogP contribution is -2.44. The van der Waals surface area contributed by atoms with Gasteiger partial charge in [0.2, 0.25) is 5.91 Å². The molecule has 0 saturated carbocycles. The SMILES string of the molecule is CC(=O)N1CCC(O)(c2nc3c4ccc(F)cc4c4cnccc4c3s2)CC1. The topological polar surface area (TPSA) is 66.3 Å². The van der Waals surface area contributed by atoms with Crippen molar-refractivity contribution in [2.24, 2.45) is 0 Å². The molecule has 2 aromatic heterocycles. The quantitative estimate of drug-likeness (QED) is 0.495. The first-order valence-electron chi connectivity index (χ1n) is 9.20. The fourth-order valence-electron chi connectivity index (χ4n) is 4.04. The van der Waals surface area contributed by atoms with Gasteiger partial charge in [-0.3, -0.25) is 9.78 Å². The number of halogens is 1. The van der Waals surface area contributed by atoms with Gasteiger partial charge in [0.1, 0.15) is 16.4 Å². The van der Waals surface area contributed by atoms with Gasteiger partial charge in [-0.05, 0) is 29.7 Å². The Labute approximate surface area is 164 Å². The normalized spacial score (nSPS) is 16.9. The second-order valence-corrected chi connectivity index (χ2v) is 8.34. The molecule has 0 spiro atoms. The monoisotopic (exact) mass is 395 g/mol. The van der Waals surface area contributed by atoms with Gasteiger partial charge in [0.05, 0.1) is 10.2 Å². The summed E-state index contributed by atoms with van der Waals surface area (Å²) in [5.74, 6) is -0.277. The third-order valence-electron chi connectivity index (χ3n) is 5.65. The molecule has 0 unspecified atom stereocenters. The van der Waals surface area contributed by atoms with E-state index in [1.807, 2.05) is 6.07 Å². The van der Waals surface area contributed by atoms with Crippen LogP contribution in [-0.4, -0.2) is 39.0 Å². The van der Waals surface area contributed by atoms with Crippen molar-refractivity contribution in [3.8, 4) is 0 Å². The van der Waals surface area contributed by atoms with Gasteiger partial charge < -0.3 is 10.0 Å². The van der Waals surface area contributed by atoms with Crippen molar-refractivity contribution >= 4 is 49.0 Å². The van der Waals surface area contributed by atoms with Crippen LogP contribution in [0.3, 0.4) is 0 Å². The number of hydrogen-bond donors (Lipinski definition) is 1. The lowest BCUT2D eigenvalue weighted by Gasteiger charge is -2.36. The Morgan fingerprint density at radius 2 is 1.96 bits per heavy atom. The highest BCUT2D eigenvalue weighted by atomic mass is 32.1. The number of nitrogens with zero attached hydrogens (tertiary/aromatic N) is 3. The molecule has 1 aliphatic rings. The Balaban J connectivity index is 1.72. The zero-order valence-corrected chi connectivity index (χ0v) is 16.1. The van der Waals surface area contributed by atoms with Crippen molar-refractivity contribution < 1.29 is 14.3 Å². The van der Waals surface area contributed by atoms with Crippen molar-refractivity contribution in [3.63, 3.8) is 0 Å². The minimum Gasteiger partial charge on any atom is -0.383 e. The fraction of sp³-hybridized carbons (Fsp3) is 0.286. The maximum Gasteiger partial charge on any atom is 0.219 e. The molecule has 0 radical (unpaired) electrons. The molecule has 5 nitrogen and oxygen atoms in total. The molecular weight excluding hydrogens is 377 g/mol. The Morgan fingerprint density at radius 1 is 1.18 bits per heavy atom. The first kappa shape index (κ1) is 17.5. The Hall–Kier alpha value is -2.64. The zero-order valence-electron chi connectivity index (χ0n) is 15.3. The molecule has 142 valence electrons.